The number of nitrogens with zero attached hydrogens (tertiary/aromatic N) is 5. The Kier molecular flexibility index (Phi) is 5.01. The minimum absolute atomic E-state index is 0.0870. The topological polar surface area (TPSA) is 106 Å². The van der Waals surface area contributed by atoms with Crippen molar-refractivity contribution in [2.24, 2.45) is 10.7 Å². The van der Waals surface area contributed by atoms with Crippen molar-refractivity contribution in [1.29, 1.82) is 5.41 Å². The van der Waals surface area contributed by atoms with Gasteiger partial charge in [0.15, 0.2) is 5.82 Å². The molecule has 11 heteroatoms. The number of aromatic nitrogens is 4. The first-order valence-electron chi connectivity index (χ1n) is 9.78. The van der Waals surface area contributed by atoms with Gasteiger partial charge in [0.2, 0.25) is 5.95 Å². The molecule has 0 saturated heterocycles. The number of pyridine rings is 2. The Bertz CT molecular complexity index is 1640. The summed E-state index contributed by atoms with van der Waals surface area (Å²) in [6.07, 6.45) is 4.52. The summed E-state index contributed by atoms with van der Waals surface area (Å²) in [6.45, 7) is 0. The molecule has 0 radical (unpaired) electrons. The van der Waals surface area contributed by atoms with E-state index in [0.717, 1.165) is 24.7 Å². The minimum atomic E-state index is -1.29. The Labute approximate surface area is 188 Å². The van der Waals surface area contributed by atoms with Crippen molar-refractivity contribution in [3.05, 3.63) is 84.1 Å². The van der Waals surface area contributed by atoms with E-state index in [9.17, 15) is 17.6 Å². The van der Waals surface area contributed by atoms with Gasteiger partial charge >= 0.3 is 0 Å². The smallest absolute Gasteiger partial charge is 0.249 e. The highest BCUT2D eigenvalue weighted by Gasteiger charge is 2.20. The number of nitrogens with two attached hydrogens (primary N) is 1. The molecule has 0 unspecified atom stereocenters. The fraction of sp³-hybridized carbons (Fsp3) is 0. The van der Waals surface area contributed by atoms with Gasteiger partial charge in [-0.1, -0.05) is 0 Å². The number of hydrogen-bond donors (Lipinski definition) is 2. The number of fused-ring (bicyclic) bond motifs is 2. The Morgan fingerprint density at radius 3 is 2.50 bits per heavy atom. The first-order chi connectivity index (χ1) is 16.4. The molecular weight excluding hydrogens is 450 g/mol. The molecule has 5 rings (SSSR count). The number of rotatable bonds is 4. The number of benzene rings is 2. The maximum Gasteiger partial charge on any atom is 0.249 e. The lowest BCUT2D eigenvalue weighted by molar-refractivity contribution is 0.482. The Balaban J connectivity index is 1.88. The summed E-state index contributed by atoms with van der Waals surface area (Å²) in [7, 11) is 0. The van der Waals surface area contributed by atoms with Crippen LogP contribution >= 0.6 is 0 Å². The van der Waals surface area contributed by atoms with Crippen LogP contribution in [-0.2, 0) is 0 Å². The maximum absolute atomic E-state index is 14.8. The van der Waals surface area contributed by atoms with Gasteiger partial charge in [0, 0.05) is 23.5 Å². The Hall–Kier alpha value is -4.67. The van der Waals surface area contributed by atoms with Crippen LogP contribution in [0.25, 0.3) is 38.8 Å². The van der Waals surface area contributed by atoms with Crippen molar-refractivity contribution < 1.29 is 17.6 Å². The molecule has 3 aromatic heterocycles. The van der Waals surface area contributed by atoms with Gasteiger partial charge in [-0.25, -0.2) is 28.1 Å². The molecule has 0 atom stereocenters. The van der Waals surface area contributed by atoms with Crippen LogP contribution < -0.4 is 5.73 Å². The normalized spacial score (nSPS) is 11.9. The molecule has 5 aromatic rings. The van der Waals surface area contributed by atoms with E-state index < -0.39 is 23.4 Å². The van der Waals surface area contributed by atoms with Gasteiger partial charge in [-0.05, 0) is 42.0 Å². The predicted molar refractivity (Wildman–Crippen MR) is 119 cm³/mol. The zero-order valence-electron chi connectivity index (χ0n) is 17.1. The van der Waals surface area contributed by atoms with E-state index >= 15 is 0 Å². The van der Waals surface area contributed by atoms with E-state index in [2.05, 4.69) is 19.9 Å². The largest absolute Gasteiger partial charge is 0.383 e. The van der Waals surface area contributed by atoms with Crippen molar-refractivity contribution in [2.75, 3.05) is 0 Å². The first-order valence-corrected chi connectivity index (χ1v) is 9.78. The quantitative estimate of drug-likeness (QED) is 0.177. The third kappa shape index (κ3) is 3.25. The molecule has 0 amide bonds. The molecule has 0 aliphatic rings. The lowest BCUT2D eigenvalue weighted by Crippen LogP contribution is -2.14. The third-order valence-electron chi connectivity index (χ3n) is 5.32. The average Bonchev–Trinajstić information content (AvgIpc) is 3.26. The lowest BCUT2D eigenvalue weighted by atomic mass is 10.0. The van der Waals surface area contributed by atoms with Gasteiger partial charge in [-0.3, -0.25) is 15.0 Å². The molecular formula is C23H13F4N7. The molecule has 3 N–H and O–H groups in total. The van der Waals surface area contributed by atoms with Crippen LogP contribution in [0.4, 0.5) is 17.6 Å². The number of hydrogen-bond acceptors (Lipinski definition) is 4. The second kappa shape index (κ2) is 8.03. The second-order valence-corrected chi connectivity index (χ2v) is 7.20. The zero-order valence-corrected chi connectivity index (χ0v) is 17.1. The van der Waals surface area contributed by atoms with Crippen molar-refractivity contribution in [3.63, 3.8) is 0 Å². The molecule has 0 aliphatic heterocycles. The van der Waals surface area contributed by atoms with Crippen LogP contribution in [0.2, 0.25) is 0 Å². The third-order valence-corrected chi connectivity index (χ3v) is 5.32. The molecule has 168 valence electrons. The number of amidine groups is 1. The van der Waals surface area contributed by atoms with Crippen molar-refractivity contribution >= 4 is 34.1 Å². The highest BCUT2D eigenvalue weighted by Crippen LogP contribution is 2.33. The fourth-order valence-corrected chi connectivity index (χ4v) is 3.82. The highest BCUT2D eigenvalue weighted by molar-refractivity contribution is 6.11. The fourth-order valence-electron chi connectivity index (χ4n) is 3.82. The molecule has 3 heterocycles. The van der Waals surface area contributed by atoms with Gasteiger partial charge < -0.3 is 5.73 Å². The highest BCUT2D eigenvalue weighted by atomic mass is 19.2. The van der Waals surface area contributed by atoms with Gasteiger partial charge in [0.1, 0.15) is 35.7 Å². The van der Waals surface area contributed by atoms with Crippen LogP contribution in [0.15, 0.2) is 60.1 Å². The molecule has 2 aromatic carbocycles. The SMILES string of the molecule is N=CN=C(N)c1cc(-c2ccnc(F)c2F)cc2c1ncn2-c1ccnc2c(F)ccc(F)c12. The van der Waals surface area contributed by atoms with Gasteiger partial charge in [-0.15, -0.1) is 0 Å². The van der Waals surface area contributed by atoms with Gasteiger partial charge in [0.25, 0.3) is 0 Å². The van der Waals surface area contributed by atoms with Gasteiger partial charge in [0.05, 0.1) is 22.1 Å². The van der Waals surface area contributed by atoms with E-state index in [1.54, 1.807) is 0 Å². The standard InChI is InChI=1S/C23H13F4N7/c24-14-1-2-15(25)21-18(14)16(4-6-30-21)34-10-33-20-13(23(29)32-9-28)7-11(8-17(20)34)12-3-5-31-22(27)19(12)26/h1-10H,(H3,28,29,32). The molecule has 0 fully saturated rings. The summed E-state index contributed by atoms with van der Waals surface area (Å²) in [6, 6.07) is 7.68. The van der Waals surface area contributed by atoms with Crippen LogP contribution in [0.3, 0.4) is 0 Å². The van der Waals surface area contributed by atoms with Crippen molar-refractivity contribution in [2.45, 2.75) is 0 Å². The maximum atomic E-state index is 14.8. The summed E-state index contributed by atoms with van der Waals surface area (Å²) in [5.41, 5.74) is 7.01. The van der Waals surface area contributed by atoms with Crippen LogP contribution in [0.1, 0.15) is 5.56 Å². The van der Waals surface area contributed by atoms with E-state index in [1.165, 1.54) is 41.4 Å². The van der Waals surface area contributed by atoms with Crippen molar-refractivity contribution in [3.8, 4) is 16.8 Å². The van der Waals surface area contributed by atoms with E-state index in [4.69, 9.17) is 11.1 Å². The number of nitrogens with one attached hydrogen (secondary N) is 1. The van der Waals surface area contributed by atoms with Crippen LogP contribution in [-0.4, -0.2) is 31.7 Å². The summed E-state index contributed by atoms with van der Waals surface area (Å²) >= 11 is 0. The average molecular weight is 463 g/mol. The number of aliphatic imine (C=N–C) groups is 1. The molecule has 0 bridgehead atoms. The number of halogens is 4. The van der Waals surface area contributed by atoms with Crippen molar-refractivity contribution in [1.82, 2.24) is 19.5 Å². The van der Waals surface area contributed by atoms with Crippen LogP contribution in [0.5, 0.6) is 0 Å². The summed E-state index contributed by atoms with van der Waals surface area (Å²) < 4.78 is 59.0. The Morgan fingerprint density at radius 2 is 1.71 bits per heavy atom. The monoisotopic (exact) mass is 463 g/mol. The molecule has 7 nitrogen and oxygen atoms in total. The van der Waals surface area contributed by atoms with E-state index in [1.807, 2.05) is 0 Å². The molecule has 0 saturated carbocycles. The predicted octanol–water partition coefficient (Wildman–Crippen LogP) is 4.50. The molecule has 34 heavy (non-hydrogen) atoms. The molecule has 0 aliphatic carbocycles. The first kappa shape index (κ1) is 21.2. The van der Waals surface area contributed by atoms with E-state index in [0.29, 0.717) is 11.0 Å². The Morgan fingerprint density at radius 1 is 0.941 bits per heavy atom. The summed E-state index contributed by atoms with van der Waals surface area (Å²) in [4.78, 5) is 15.3. The molecule has 0 spiro atoms. The lowest BCUT2D eigenvalue weighted by Gasteiger charge is -2.12. The summed E-state index contributed by atoms with van der Waals surface area (Å²) in [5, 5.41) is 7.14. The van der Waals surface area contributed by atoms with Gasteiger partial charge in [-0.2, -0.15) is 4.39 Å². The van der Waals surface area contributed by atoms with Crippen LogP contribution in [0, 0.1) is 28.8 Å². The minimum Gasteiger partial charge on any atom is -0.383 e. The van der Waals surface area contributed by atoms with E-state index in [-0.39, 0.29) is 39.1 Å². The zero-order chi connectivity index (χ0) is 24.0. The summed E-state index contributed by atoms with van der Waals surface area (Å²) in [5.74, 6) is -3.97. The second-order valence-electron chi connectivity index (χ2n) is 7.20. The number of imidazole rings is 1.